The first-order valence-corrected chi connectivity index (χ1v) is 4.13. The summed E-state index contributed by atoms with van der Waals surface area (Å²) in [5.74, 6) is 0. The highest BCUT2D eigenvalue weighted by atomic mass is 16.6. The normalized spacial score (nSPS) is 14.6. The van der Waals surface area contributed by atoms with E-state index in [1.807, 2.05) is 0 Å². The minimum Gasteiger partial charge on any atom is -0.394 e. The van der Waals surface area contributed by atoms with Gasteiger partial charge in [0, 0.05) is 6.07 Å². The van der Waals surface area contributed by atoms with E-state index in [2.05, 4.69) is 4.98 Å². The fourth-order valence-corrected chi connectivity index (χ4v) is 0.977. The van der Waals surface area contributed by atoms with Crippen molar-refractivity contribution in [3.8, 4) is 0 Å². The monoisotopic (exact) mass is 214 g/mol. The second-order valence-corrected chi connectivity index (χ2v) is 2.89. The predicted molar refractivity (Wildman–Crippen MR) is 48.9 cm³/mol. The van der Waals surface area contributed by atoms with Crippen LogP contribution in [0.15, 0.2) is 18.3 Å². The Balaban J connectivity index is 2.84. The second kappa shape index (κ2) is 4.78. The first-order valence-electron chi connectivity index (χ1n) is 4.13. The summed E-state index contributed by atoms with van der Waals surface area (Å²) in [6, 6.07) is 2.39. The smallest absolute Gasteiger partial charge is 0.287 e. The minimum atomic E-state index is -1.35. The van der Waals surface area contributed by atoms with Gasteiger partial charge >= 0.3 is 0 Å². The molecule has 0 aliphatic heterocycles. The van der Waals surface area contributed by atoms with Gasteiger partial charge in [-0.25, -0.2) is 0 Å². The van der Waals surface area contributed by atoms with E-state index in [0.29, 0.717) is 0 Å². The van der Waals surface area contributed by atoms with Crippen LogP contribution in [0.25, 0.3) is 0 Å². The quantitative estimate of drug-likeness (QED) is 0.454. The molecule has 3 N–H and O–H groups in total. The van der Waals surface area contributed by atoms with Crippen LogP contribution < -0.4 is 0 Å². The van der Waals surface area contributed by atoms with Crippen LogP contribution in [0.4, 0.5) is 5.69 Å². The van der Waals surface area contributed by atoms with Crippen LogP contribution in [0.2, 0.25) is 0 Å². The Labute approximate surface area is 84.8 Å². The predicted octanol–water partition coefficient (Wildman–Crippen LogP) is -0.624. The summed E-state index contributed by atoms with van der Waals surface area (Å²) in [6.45, 7) is -0.611. The zero-order valence-corrected chi connectivity index (χ0v) is 7.65. The lowest BCUT2D eigenvalue weighted by Gasteiger charge is -2.14. The van der Waals surface area contributed by atoms with Crippen molar-refractivity contribution in [1.82, 2.24) is 4.98 Å². The molecule has 1 aromatic heterocycles. The molecule has 1 rings (SSSR count). The molecule has 0 aliphatic carbocycles. The van der Waals surface area contributed by atoms with Crippen molar-refractivity contribution in [3.05, 3.63) is 34.1 Å². The molecule has 0 bridgehead atoms. The van der Waals surface area contributed by atoms with E-state index in [1.165, 1.54) is 6.07 Å². The second-order valence-electron chi connectivity index (χ2n) is 2.89. The molecule has 0 amide bonds. The Bertz CT molecular complexity index is 339. The lowest BCUT2D eigenvalue weighted by molar-refractivity contribution is -0.385. The average Bonchev–Trinajstić information content (AvgIpc) is 2.27. The van der Waals surface area contributed by atoms with Crippen molar-refractivity contribution in [2.24, 2.45) is 0 Å². The number of rotatable bonds is 4. The zero-order valence-electron chi connectivity index (χ0n) is 7.65. The van der Waals surface area contributed by atoms with Crippen LogP contribution in [0, 0.1) is 10.1 Å². The summed E-state index contributed by atoms with van der Waals surface area (Å²) < 4.78 is 0. The van der Waals surface area contributed by atoms with Crippen molar-refractivity contribution in [2.75, 3.05) is 6.61 Å². The Morgan fingerprint density at radius 2 is 2.13 bits per heavy atom. The number of pyridine rings is 1. The van der Waals surface area contributed by atoms with Gasteiger partial charge in [0.05, 0.1) is 17.2 Å². The van der Waals surface area contributed by atoms with Crippen LogP contribution in [0.1, 0.15) is 11.8 Å². The van der Waals surface area contributed by atoms with Gasteiger partial charge in [-0.05, 0) is 6.07 Å². The molecule has 0 spiro atoms. The molecule has 2 unspecified atom stereocenters. The summed E-state index contributed by atoms with van der Waals surface area (Å²) >= 11 is 0. The van der Waals surface area contributed by atoms with Crippen LogP contribution in [0.3, 0.4) is 0 Å². The standard InChI is InChI=1S/C8H10N2O5/c11-4-7(12)8(13)6-2-1-5(3-9-6)10(14)15/h1-3,7-8,11-13H,4H2. The van der Waals surface area contributed by atoms with Crippen LogP contribution in [-0.4, -0.2) is 37.9 Å². The summed E-state index contributed by atoms with van der Waals surface area (Å²) in [7, 11) is 0. The lowest BCUT2D eigenvalue weighted by Crippen LogP contribution is -2.22. The van der Waals surface area contributed by atoms with Gasteiger partial charge in [0.2, 0.25) is 0 Å². The largest absolute Gasteiger partial charge is 0.394 e. The summed E-state index contributed by atoms with van der Waals surface area (Å²) in [6.07, 6.45) is -1.72. The molecule has 0 fully saturated rings. The first kappa shape index (κ1) is 11.5. The lowest BCUT2D eigenvalue weighted by atomic mass is 10.1. The van der Waals surface area contributed by atoms with Gasteiger partial charge in [-0.15, -0.1) is 0 Å². The minimum absolute atomic E-state index is 0.0714. The zero-order chi connectivity index (χ0) is 11.4. The highest BCUT2D eigenvalue weighted by Gasteiger charge is 2.19. The number of nitro groups is 1. The number of hydrogen-bond acceptors (Lipinski definition) is 6. The number of aliphatic hydroxyl groups excluding tert-OH is 3. The maximum Gasteiger partial charge on any atom is 0.287 e. The molecule has 7 heteroatoms. The molecule has 0 saturated carbocycles. The molecular weight excluding hydrogens is 204 g/mol. The summed E-state index contributed by atoms with van der Waals surface area (Å²) in [5, 5.41) is 37.3. The van der Waals surface area contributed by atoms with Crippen LogP contribution in [0.5, 0.6) is 0 Å². The SMILES string of the molecule is O=[N+]([O-])c1ccc(C(O)C(O)CO)nc1. The molecule has 82 valence electrons. The number of aliphatic hydroxyl groups is 3. The molecule has 0 aliphatic rings. The van der Waals surface area contributed by atoms with E-state index in [9.17, 15) is 15.2 Å². The van der Waals surface area contributed by atoms with Crippen molar-refractivity contribution in [1.29, 1.82) is 0 Å². The third-order valence-corrected chi connectivity index (χ3v) is 1.84. The summed E-state index contributed by atoms with van der Waals surface area (Å²) in [4.78, 5) is 13.3. The van der Waals surface area contributed by atoms with Gasteiger partial charge < -0.3 is 15.3 Å². The molecule has 2 atom stereocenters. The Hall–Kier alpha value is -1.57. The Morgan fingerprint density at radius 1 is 1.47 bits per heavy atom. The summed E-state index contributed by atoms with van der Waals surface area (Å²) in [5.41, 5.74) is -0.133. The Kier molecular flexibility index (Phi) is 3.67. The maximum absolute atomic E-state index is 10.3. The highest BCUT2D eigenvalue weighted by molar-refractivity contribution is 5.27. The van der Waals surface area contributed by atoms with Crippen molar-refractivity contribution in [3.63, 3.8) is 0 Å². The third-order valence-electron chi connectivity index (χ3n) is 1.84. The fraction of sp³-hybridized carbons (Fsp3) is 0.375. The van der Waals surface area contributed by atoms with E-state index < -0.39 is 23.7 Å². The van der Waals surface area contributed by atoms with E-state index in [-0.39, 0.29) is 11.4 Å². The molecule has 7 nitrogen and oxygen atoms in total. The van der Waals surface area contributed by atoms with E-state index in [0.717, 1.165) is 12.3 Å². The van der Waals surface area contributed by atoms with Gasteiger partial charge in [0.1, 0.15) is 18.4 Å². The number of aromatic nitrogens is 1. The van der Waals surface area contributed by atoms with Crippen molar-refractivity contribution in [2.45, 2.75) is 12.2 Å². The molecule has 1 heterocycles. The first-order chi connectivity index (χ1) is 7.06. The third kappa shape index (κ3) is 2.69. The maximum atomic E-state index is 10.3. The van der Waals surface area contributed by atoms with Crippen LogP contribution >= 0.6 is 0 Å². The van der Waals surface area contributed by atoms with E-state index in [1.54, 1.807) is 0 Å². The molecular formula is C8H10N2O5. The topological polar surface area (TPSA) is 117 Å². The van der Waals surface area contributed by atoms with E-state index in [4.69, 9.17) is 10.2 Å². The van der Waals surface area contributed by atoms with E-state index >= 15 is 0 Å². The van der Waals surface area contributed by atoms with Gasteiger partial charge in [-0.1, -0.05) is 0 Å². The Morgan fingerprint density at radius 3 is 2.53 bits per heavy atom. The molecule has 0 aromatic carbocycles. The average molecular weight is 214 g/mol. The van der Waals surface area contributed by atoms with Gasteiger partial charge in [-0.2, -0.15) is 0 Å². The van der Waals surface area contributed by atoms with Gasteiger partial charge in [-0.3, -0.25) is 15.1 Å². The molecule has 0 radical (unpaired) electrons. The molecule has 1 aromatic rings. The van der Waals surface area contributed by atoms with Crippen LogP contribution in [-0.2, 0) is 0 Å². The van der Waals surface area contributed by atoms with Crippen molar-refractivity contribution >= 4 is 5.69 Å². The van der Waals surface area contributed by atoms with Crippen molar-refractivity contribution < 1.29 is 20.2 Å². The highest BCUT2D eigenvalue weighted by Crippen LogP contribution is 2.17. The number of hydrogen-bond donors (Lipinski definition) is 3. The molecule has 15 heavy (non-hydrogen) atoms. The fourth-order valence-electron chi connectivity index (χ4n) is 0.977. The van der Waals surface area contributed by atoms with Gasteiger partial charge in [0.25, 0.3) is 5.69 Å². The van der Waals surface area contributed by atoms with Gasteiger partial charge in [0.15, 0.2) is 0 Å². The number of nitrogens with zero attached hydrogens (tertiary/aromatic N) is 2. The molecule has 0 saturated heterocycles.